The zero-order chi connectivity index (χ0) is 27.2. The number of amides is 1. The minimum absolute atomic E-state index is 0.0939. The number of carbonyl (C=O) groups excluding carboxylic acids is 1. The van der Waals surface area contributed by atoms with Crippen LogP contribution in [0.2, 0.25) is 0 Å². The van der Waals surface area contributed by atoms with Gasteiger partial charge in [-0.1, -0.05) is 60.3 Å². The first-order valence-corrected chi connectivity index (χ1v) is 14.1. The molecule has 196 valence electrons. The van der Waals surface area contributed by atoms with Crippen LogP contribution in [0.5, 0.6) is 5.75 Å². The van der Waals surface area contributed by atoms with Gasteiger partial charge in [0.15, 0.2) is 11.0 Å². The predicted octanol–water partition coefficient (Wildman–Crippen LogP) is 5.97. The van der Waals surface area contributed by atoms with E-state index in [2.05, 4.69) is 48.6 Å². The zero-order valence-electron chi connectivity index (χ0n) is 21.0. The highest BCUT2D eigenvalue weighted by atomic mass is 127. The van der Waals surface area contributed by atoms with E-state index in [0.29, 0.717) is 17.3 Å². The molecular formula is C29H25IN6O2S. The Bertz CT molecular complexity index is 1620. The molecule has 0 spiro atoms. The number of aromatic nitrogens is 3. The molecule has 0 saturated heterocycles. The summed E-state index contributed by atoms with van der Waals surface area (Å²) < 4.78 is 3.11. The number of thioether (sulfide) groups is 1. The third-order valence-corrected chi connectivity index (χ3v) is 7.74. The van der Waals surface area contributed by atoms with Crippen molar-refractivity contribution in [2.75, 3.05) is 5.32 Å². The lowest BCUT2D eigenvalue weighted by molar-refractivity contribution is -0.120. The number of nitrogens with zero attached hydrogens (tertiary/aromatic N) is 4. The van der Waals surface area contributed by atoms with Crippen LogP contribution in [0, 0.1) is 3.57 Å². The Morgan fingerprint density at radius 3 is 2.56 bits per heavy atom. The molecule has 0 radical (unpaired) electrons. The van der Waals surface area contributed by atoms with Crippen molar-refractivity contribution in [2.24, 2.45) is 5.10 Å². The first-order chi connectivity index (χ1) is 19.0. The van der Waals surface area contributed by atoms with Crippen molar-refractivity contribution in [3.05, 3.63) is 106 Å². The Balaban J connectivity index is 1.30. The highest BCUT2D eigenvalue weighted by Crippen LogP contribution is 2.27. The van der Waals surface area contributed by atoms with Gasteiger partial charge in [0.25, 0.3) is 5.91 Å². The third kappa shape index (κ3) is 6.40. The van der Waals surface area contributed by atoms with Gasteiger partial charge in [-0.3, -0.25) is 9.36 Å². The minimum Gasteiger partial charge on any atom is -0.507 e. The summed E-state index contributed by atoms with van der Waals surface area (Å²) in [4.78, 5) is 12.9. The molecule has 0 aliphatic rings. The summed E-state index contributed by atoms with van der Waals surface area (Å²) in [6, 6.07) is 29.1. The normalized spacial score (nSPS) is 12.1. The molecule has 1 heterocycles. The van der Waals surface area contributed by atoms with Gasteiger partial charge in [0.1, 0.15) is 5.75 Å². The number of para-hydroxylation sites is 1. The molecule has 4 aromatic carbocycles. The minimum atomic E-state index is -0.507. The summed E-state index contributed by atoms with van der Waals surface area (Å²) in [5, 5.41) is 28.6. The molecule has 1 atom stereocenters. The number of phenolic OH excluding ortho intramolecular Hbond substituents is 1. The first kappa shape index (κ1) is 26.7. The summed E-state index contributed by atoms with van der Waals surface area (Å²) in [6.07, 6.45) is 1.47. The van der Waals surface area contributed by atoms with Crippen LogP contribution in [0.1, 0.15) is 18.3 Å². The lowest BCUT2D eigenvalue weighted by Gasteiger charge is -2.13. The van der Waals surface area contributed by atoms with Crippen molar-refractivity contribution < 1.29 is 9.90 Å². The number of benzene rings is 4. The molecule has 10 heteroatoms. The number of anilines is 1. The second-order valence-corrected chi connectivity index (χ2v) is 11.2. The van der Waals surface area contributed by atoms with Gasteiger partial charge in [-0.25, -0.2) is 5.43 Å². The first-order valence-electron chi connectivity index (χ1n) is 12.2. The van der Waals surface area contributed by atoms with Gasteiger partial charge >= 0.3 is 0 Å². The van der Waals surface area contributed by atoms with Crippen LogP contribution in [0.4, 0.5) is 5.69 Å². The summed E-state index contributed by atoms with van der Waals surface area (Å²) in [5.41, 5.74) is 5.02. The Morgan fingerprint density at radius 1 is 1.03 bits per heavy atom. The van der Waals surface area contributed by atoms with E-state index in [0.717, 1.165) is 31.5 Å². The monoisotopic (exact) mass is 648 g/mol. The smallest absolute Gasteiger partial charge is 0.253 e. The van der Waals surface area contributed by atoms with Crippen molar-refractivity contribution >= 4 is 62.9 Å². The van der Waals surface area contributed by atoms with Crippen LogP contribution in [0.25, 0.3) is 16.5 Å². The van der Waals surface area contributed by atoms with Crippen LogP contribution < -0.4 is 10.7 Å². The summed E-state index contributed by atoms with van der Waals surface area (Å²) >= 11 is 3.57. The maximum atomic E-state index is 12.9. The molecule has 0 saturated carbocycles. The molecule has 5 rings (SSSR count). The van der Waals surface area contributed by atoms with Gasteiger partial charge in [0.2, 0.25) is 0 Å². The number of fused-ring (bicyclic) bond motifs is 1. The molecule has 0 fully saturated rings. The molecule has 0 aliphatic heterocycles. The van der Waals surface area contributed by atoms with E-state index < -0.39 is 5.25 Å². The number of phenols is 1. The van der Waals surface area contributed by atoms with E-state index in [1.807, 2.05) is 89.5 Å². The highest BCUT2D eigenvalue weighted by molar-refractivity contribution is 14.1. The zero-order valence-corrected chi connectivity index (χ0v) is 23.9. The van der Waals surface area contributed by atoms with Crippen LogP contribution in [-0.2, 0) is 11.3 Å². The quantitative estimate of drug-likeness (QED) is 0.0788. The second-order valence-electron chi connectivity index (χ2n) is 8.64. The number of rotatable bonds is 9. The topological polar surface area (TPSA) is 104 Å². The maximum Gasteiger partial charge on any atom is 0.253 e. The van der Waals surface area contributed by atoms with E-state index >= 15 is 0 Å². The lowest BCUT2D eigenvalue weighted by Crippen LogP contribution is -2.27. The number of halogens is 1. The van der Waals surface area contributed by atoms with E-state index in [1.165, 1.54) is 18.0 Å². The Hall–Kier alpha value is -3.90. The van der Waals surface area contributed by atoms with Crippen molar-refractivity contribution in [2.45, 2.75) is 23.9 Å². The predicted molar refractivity (Wildman–Crippen MR) is 165 cm³/mol. The molecule has 1 amide bonds. The van der Waals surface area contributed by atoms with Gasteiger partial charge in [0, 0.05) is 20.5 Å². The summed E-state index contributed by atoms with van der Waals surface area (Å²) in [6.45, 7) is 2.25. The van der Waals surface area contributed by atoms with Crippen molar-refractivity contribution in [3.63, 3.8) is 0 Å². The van der Waals surface area contributed by atoms with Gasteiger partial charge in [-0.2, -0.15) is 5.10 Å². The number of aromatic hydroxyl groups is 1. The van der Waals surface area contributed by atoms with E-state index in [9.17, 15) is 9.90 Å². The second kappa shape index (κ2) is 12.3. The van der Waals surface area contributed by atoms with Gasteiger partial charge in [-0.05, 0) is 82.8 Å². The van der Waals surface area contributed by atoms with E-state index in [4.69, 9.17) is 0 Å². The van der Waals surface area contributed by atoms with Gasteiger partial charge in [-0.15, -0.1) is 10.2 Å². The Kier molecular flexibility index (Phi) is 8.42. The van der Waals surface area contributed by atoms with Crippen LogP contribution in [0.3, 0.4) is 0 Å². The van der Waals surface area contributed by atoms with Crippen molar-refractivity contribution in [1.82, 2.24) is 20.2 Å². The molecule has 0 aliphatic carbocycles. The molecule has 0 bridgehead atoms. The fourth-order valence-electron chi connectivity index (χ4n) is 3.96. The maximum absolute atomic E-state index is 12.9. The van der Waals surface area contributed by atoms with Crippen molar-refractivity contribution in [1.29, 1.82) is 0 Å². The fourth-order valence-corrected chi connectivity index (χ4v) is 5.20. The Labute approximate surface area is 243 Å². The molecule has 39 heavy (non-hydrogen) atoms. The van der Waals surface area contributed by atoms with Crippen molar-refractivity contribution in [3.8, 4) is 11.4 Å². The average Bonchev–Trinajstić information content (AvgIpc) is 3.36. The van der Waals surface area contributed by atoms with Gasteiger partial charge < -0.3 is 10.4 Å². The Morgan fingerprint density at radius 2 is 1.77 bits per heavy atom. The highest BCUT2D eigenvalue weighted by Gasteiger charge is 2.21. The molecular weight excluding hydrogens is 623 g/mol. The summed E-state index contributed by atoms with van der Waals surface area (Å²) in [5.74, 6) is 0.521. The number of hydrogen-bond acceptors (Lipinski definition) is 7. The molecule has 1 aromatic heterocycles. The van der Waals surface area contributed by atoms with Crippen LogP contribution in [0.15, 0.2) is 101 Å². The molecule has 5 aromatic rings. The van der Waals surface area contributed by atoms with Crippen LogP contribution >= 0.6 is 34.4 Å². The largest absolute Gasteiger partial charge is 0.507 e. The SMILES string of the molecule is C[C@H](Sc1nnc(CNc2ccc(I)cc2)n1-c1ccccc1)C(=O)NN=Cc1c(O)ccc2ccccc12. The summed E-state index contributed by atoms with van der Waals surface area (Å²) in [7, 11) is 0. The van der Waals surface area contributed by atoms with Gasteiger partial charge in [0.05, 0.1) is 18.0 Å². The molecule has 3 N–H and O–H groups in total. The number of carbonyl (C=O) groups is 1. The molecule has 0 unspecified atom stereocenters. The standard InChI is InChI=1S/C29H25IN6O2S/c1-19(28(38)34-32-17-25-24-10-6-5-7-20(24)11-16-26(25)37)39-29-35-33-27(36(29)23-8-3-2-4-9-23)18-31-22-14-12-21(30)13-15-22/h2-17,19,31,37H,18H2,1H3,(H,34,38)/t19-/m0/s1. The molecule has 8 nitrogen and oxygen atoms in total. The van der Waals surface area contributed by atoms with E-state index in [-0.39, 0.29) is 11.7 Å². The van der Waals surface area contributed by atoms with Crippen LogP contribution in [-0.4, -0.2) is 37.2 Å². The average molecular weight is 649 g/mol. The van der Waals surface area contributed by atoms with E-state index in [1.54, 1.807) is 13.0 Å². The fraction of sp³-hybridized carbons (Fsp3) is 0.103. The number of hydrogen-bond donors (Lipinski definition) is 3. The lowest BCUT2D eigenvalue weighted by atomic mass is 10.0. The number of hydrazone groups is 1. The number of nitrogens with one attached hydrogen (secondary N) is 2. The third-order valence-electron chi connectivity index (χ3n) is 5.98.